The van der Waals surface area contributed by atoms with Gasteiger partial charge >= 0.3 is 0 Å². The summed E-state index contributed by atoms with van der Waals surface area (Å²) in [5.74, 6) is 1.16. The summed E-state index contributed by atoms with van der Waals surface area (Å²) in [6.07, 6.45) is 4.90. The smallest absolute Gasteiger partial charge is 0.237 e. The number of carbonyl (C=O) groups excluding carboxylic acids is 1. The third kappa shape index (κ3) is 3.82. The highest BCUT2D eigenvalue weighted by Gasteiger charge is 2.34. The van der Waals surface area contributed by atoms with E-state index in [4.69, 9.17) is 4.74 Å². The van der Waals surface area contributed by atoms with E-state index < -0.39 is 0 Å². The van der Waals surface area contributed by atoms with E-state index in [-0.39, 0.29) is 11.9 Å². The van der Waals surface area contributed by atoms with E-state index in [0.29, 0.717) is 6.54 Å². The summed E-state index contributed by atoms with van der Waals surface area (Å²) in [5, 5.41) is 0. The Labute approximate surface area is 150 Å². The molecule has 1 aliphatic carbocycles. The van der Waals surface area contributed by atoms with Crippen molar-refractivity contribution in [2.24, 2.45) is 0 Å². The summed E-state index contributed by atoms with van der Waals surface area (Å²) in [7, 11) is 1.68. The van der Waals surface area contributed by atoms with E-state index in [1.54, 1.807) is 7.11 Å². The molecule has 0 N–H and O–H groups in total. The van der Waals surface area contributed by atoms with Gasteiger partial charge < -0.3 is 9.64 Å². The predicted octanol–water partition coefficient (Wildman–Crippen LogP) is 2.14. The monoisotopic (exact) mass is 343 g/mol. The maximum atomic E-state index is 12.9. The lowest BCUT2D eigenvalue weighted by Crippen LogP contribution is -2.50. The van der Waals surface area contributed by atoms with Gasteiger partial charge in [-0.05, 0) is 43.4 Å². The van der Waals surface area contributed by atoms with Crippen LogP contribution in [0.4, 0.5) is 0 Å². The minimum absolute atomic E-state index is 0.228. The zero-order chi connectivity index (χ0) is 17.2. The molecule has 1 aromatic rings. The Morgan fingerprint density at radius 3 is 2.40 bits per heavy atom. The van der Waals surface area contributed by atoms with Crippen molar-refractivity contribution < 1.29 is 9.53 Å². The number of nitrogens with zero attached hydrogens (tertiary/aromatic N) is 3. The molecule has 1 saturated carbocycles. The van der Waals surface area contributed by atoms with Crippen molar-refractivity contribution in [2.45, 2.75) is 37.8 Å². The molecule has 0 bridgehead atoms. The summed E-state index contributed by atoms with van der Waals surface area (Å²) in [6.45, 7) is 5.77. The van der Waals surface area contributed by atoms with Crippen LogP contribution in [0.5, 0.6) is 5.75 Å². The van der Waals surface area contributed by atoms with Gasteiger partial charge in [-0.1, -0.05) is 12.1 Å². The molecular weight excluding hydrogens is 314 g/mol. The molecule has 5 nitrogen and oxygen atoms in total. The second-order valence-corrected chi connectivity index (χ2v) is 7.56. The fourth-order valence-electron chi connectivity index (χ4n) is 4.25. The van der Waals surface area contributed by atoms with Crippen molar-refractivity contribution in [2.75, 3.05) is 46.4 Å². The molecule has 3 fully saturated rings. The van der Waals surface area contributed by atoms with Crippen molar-refractivity contribution in [1.82, 2.24) is 14.7 Å². The Morgan fingerprint density at radius 1 is 1.04 bits per heavy atom. The molecule has 1 amide bonds. The average molecular weight is 343 g/mol. The van der Waals surface area contributed by atoms with E-state index in [2.05, 4.69) is 26.8 Å². The highest BCUT2D eigenvalue weighted by atomic mass is 16.5. The molecule has 2 aliphatic heterocycles. The first-order chi connectivity index (χ1) is 12.2. The lowest BCUT2D eigenvalue weighted by Gasteiger charge is -2.35. The van der Waals surface area contributed by atoms with Crippen LogP contribution in [0.1, 0.15) is 37.3 Å². The third-order valence-corrected chi connectivity index (χ3v) is 5.90. The summed E-state index contributed by atoms with van der Waals surface area (Å²) >= 11 is 0. The molecule has 1 unspecified atom stereocenters. The molecule has 136 valence electrons. The largest absolute Gasteiger partial charge is 0.497 e. The fraction of sp³-hybridized carbons (Fsp3) is 0.650. The van der Waals surface area contributed by atoms with Crippen LogP contribution in [0.3, 0.4) is 0 Å². The van der Waals surface area contributed by atoms with Crippen LogP contribution in [-0.2, 0) is 4.79 Å². The van der Waals surface area contributed by atoms with Crippen molar-refractivity contribution in [3.63, 3.8) is 0 Å². The van der Waals surface area contributed by atoms with E-state index in [9.17, 15) is 4.79 Å². The van der Waals surface area contributed by atoms with Gasteiger partial charge in [-0.3, -0.25) is 14.6 Å². The summed E-state index contributed by atoms with van der Waals surface area (Å²) in [5.41, 5.74) is 1.23. The highest BCUT2D eigenvalue weighted by molar-refractivity contribution is 5.79. The van der Waals surface area contributed by atoms with Crippen molar-refractivity contribution in [1.29, 1.82) is 0 Å². The quantitative estimate of drug-likeness (QED) is 0.821. The Morgan fingerprint density at radius 2 is 1.76 bits per heavy atom. The van der Waals surface area contributed by atoms with Gasteiger partial charge in [0.05, 0.1) is 19.7 Å². The lowest BCUT2D eigenvalue weighted by molar-refractivity contribution is -0.133. The van der Waals surface area contributed by atoms with Gasteiger partial charge in [-0.15, -0.1) is 0 Å². The summed E-state index contributed by atoms with van der Waals surface area (Å²) in [6, 6.07) is 9.26. The first-order valence-electron chi connectivity index (χ1n) is 9.64. The third-order valence-electron chi connectivity index (χ3n) is 5.90. The lowest BCUT2D eigenvalue weighted by atomic mass is 10.0. The van der Waals surface area contributed by atoms with E-state index in [1.807, 2.05) is 12.1 Å². The van der Waals surface area contributed by atoms with Crippen LogP contribution >= 0.6 is 0 Å². The molecule has 0 spiro atoms. The number of methoxy groups -OCH3 is 1. The van der Waals surface area contributed by atoms with Crippen LogP contribution in [0.15, 0.2) is 24.3 Å². The van der Waals surface area contributed by atoms with Crippen LogP contribution in [-0.4, -0.2) is 73.0 Å². The molecule has 1 aromatic carbocycles. The number of carbonyl (C=O) groups is 1. The molecule has 1 atom stereocenters. The molecule has 4 rings (SSSR count). The molecule has 2 saturated heterocycles. The normalized spacial score (nSPS) is 25.3. The maximum Gasteiger partial charge on any atom is 0.237 e. The number of amides is 1. The molecule has 3 aliphatic rings. The molecule has 0 radical (unpaired) electrons. The van der Waals surface area contributed by atoms with Gasteiger partial charge in [0.1, 0.15) is 5.75 Å². The topological polar surface area (TPSA) is 36.0 Å². The fourth-order valence-corrected chi connectivity index (χ4v) is 4.25. The minimum atomic E-state index is 0.228. The number of hydrogen-bond donors (Lipinski definition) is 0. The van der Waals surface area contributed by atoms with E-state index >= 15 is 0 Å². The summed E-state index contributed by atoms with van der Waals surface area (Å²) < 4.78 is 5.25. The molecule has 5 heteroatoms. The standard InChI is InChI=1S/C20H29N3O2/c1-25-18-8-4-16(5-9-18)19-3-2-10-23(19)20(24)15-21-11-13-22(14-12-21)17-6-7-17/h4-5,8-9,17,19H,2-3,6-7,10-15H2,1H3. The van der Waals surface area contributed by atoms with E-state index in [0.717, 1.165) is 57.4 Å². The van der Waals surface area contributed by atoms with E-state index in [1.165, 1.54) is 18.4 Å². The zero-order valence-electron chi connectivity index (χ0n) is 15.2. The highest BCUT2D eigenvalue weighted by Crippen LogP contribution is 2.33. The number of benzene rings is 1. The molecule has 25 heavy (non-hydrogen) atoms. The van der Waals surface area contributed by atoms with Gasteiger partial charge in [-0.25, -0.2) is 0 Å². The van der Waals surface area contributed by atoms with Crippen molar-refractivity contribution in [3.05, 3.63) is 29.8 Å². The first kappa shape index (κ1) is 16.9. The Kier molecular flexibility index (Phi) is 4.95. The average Bonchev–Trinajstić information content (AvgIpc) is 3.38. The van der Waals surface area contributed by atoms with Crippen LogP contribution in [0, 0.1) is 0 Å². The predicted molar refractivity (Wildman–Crippen MR) is 97.7 cm³/mol. The molecular formula is C20H29N3O2. The maximum absolute atomic E-state index is 12.9. The summed E-state index contributed by atoms with van der Waals surface area (Å²) in [4.78, 5) is 19.9. The van der Waals surface area contributed by atoms with Gasteiger partial charge in [-0.2, -0.15) is 0 Å². The zero-order valence-corrected chi connectivity index (χ0v) is 15.2. The molecule has 2 heterocycles. The van der Waals surface area contributed by atoms with Crippen molar-refractivity contribution >= 4 is 5.91 Å². The second-order valence-electron chi connectivity index (χ2n) is 7.56. The number of hydrogen-bond acceptors (Lipinski definition) is 4. The number of piperazine rings is 1. The Balaban J connectivity index is 1.34. The first-order valence-corrected chi connectivity index (χ1v) is 9.64. The van der Waals surface area contributed by atoms with Gasteiger partial charge in [0.2, 0.25) is 5.91 Å². The van der Waals surface area contributed by atoms with Crippen LogP contribution in [0.2, 0.25) is 0 Å². The van der Waals surface area contributed by atoms with Gasteiger partial charge in [0.25, 0.3) is 0 Å². The second kappa shape index (κ2) is 7.34. The van der Waals surface area contributed by atoms with Crippen LogP contribution < -0.4 is 4.74 Å². The van der Waals surface area contributed by atoms with Crippen molar-refractivity contribution in [3.8, 4) is 5.75 Å². The minimum Gasteiger partial charge on any atom is -0.497 e. The number of ether oxygens (including phenoxy) is 1. The Hall–Kier alpha value is -1.59. The Bertz CT molecular complexity index is 591. The number of likely N-dealkylation sites (tertiary alicyclic amines) is 1. The van der Waals surface area contributed by atoms with Gasteiger partial charge in [0.15, 0.2) is 0 Å². The van der Waals surface area contributed by atoms with Crippen LogP contribution in [0.25, 0.3) is 0 Å². The molecule has 0 aromatic heterocycles. The SMILES string of the molecule is COc1ccc(C2CCCN2C(=O)CN2CCN(C3CC3)CC2)cc1. The van der Waals surface area contributed by atoms with Gasteiger partial charge in [0, 0.05) is 38.8 Å². The number of rotatable bonds is 5.